The van der Waals surface area contributed by atoms with Gasteiger partial charge in [-0.25, -0.2) is 4.79 Å². The first-order chi connectivity index (χ1) is 13.4. The number of urea groups is 1. The predicted octanol–water partition coefficient (Wildman–Crippen LogP) is 3.20. The van der Waals surface area contributed by atoms with Gasteiger partial charge in [-0.05, 0) is 42.8 Å². The summed E-state index contributed by atoms with van der Waals surface area (Å²) in [6.07, 6.45) is 0. The summed E-state index contributed by atoms with van der Waals surface area (Å²) in [4.78, 5) is 26.5. The highest BCUT2D eigenvalue weighted by molar-refractivity contribution is 6.30. The third kappa shape index (κ3) is 3.71. The van der Waals surface area contributed by atoms with Crippen LogP contribution in [0.4, 0.5) is 4.79 Å². The molecular weight excluding hydrogens is 384 g/mol. The fourth-order valence-corrected chi connectivity index (χ4v) is 3.23. The van der Waals surface area contributed by atoms with Crippen molar-refractivity contribution in [2.45, 2.75) is 12.5 Å². The Kier molecular flexibility index (Phi) is 5.65. The summed E-state index contributed by atoms with van der Waals surface area (Å²) in [5, 5.41) is 3.31. The number of benzene rings is 2. The first-order valence-corrected chi connectivity index (χ1v) is 9.02. The van der Waals surface area contributed by atoms with Crippen LogP contribution in [0.15, 0.2) is 42.5 Å². The monoisotopic (exact) mass is 404 g/mol. The lowest BCUT2D eigenvalue weighted by Crippen LogP contribution is -2.41. The van der Waals surface area contributed by atoms with Crippen LogP contribution >= 0.6 is 11.6 Å². The van der Waals surface area contributed by atoms with Gasteiger partial charge in [-0.2, -0.15) is 0 Å². The molecule has 1 aliphatic rings. The second kappa shape index (κ2) is 7.98. The number of hydrogen-bond donors (Lipinski definition) is 1. The van der Waals surface area contributed by atoms with Gasteiger partial charge in [0.2, 0.25) is 0 Å². The number of imide groups is 1. The minimum Gasteiger partial charge on any atom is -0.493 e. The smallest absolute Gasteiger partial charge is 0.325 e. The largest absolute Gasteiger partial charge is 0.493 e. The van der Waals surface area contributed by atoms with Gasteiger partial charge in [0, 0.05) is 5.02 Å². The standard InChI is InChI=1S/C20H21ClN2O5/c1-20(13-7-8-16(26-2)17(11-13)27-3)18(24)23(19(25)22-20)9-10-28-15-6-4-5-14(21)12-15/h4-8,11-12H,9-10H2,1-3H3,(H,22,25). The molecule has 2 aromatic rings. The van der Waals surface area contributed by atoms with Crippen LogP contribution in [0.25, 0.3) is 0 Å². The fourth-order valence-electron chi connectivity index (χ4n) is 3.05. The molecule has 0 bridgehead atoms. The highest BCUT2D eigenvalue weighted by Gasteiger charge is 2.49. The molecule has 0 spiro atoms. The van der Waals surface area contributed by atoms with E-state index in [1.54, 1.807) is 49.4 Å². The van der Waals surface area contributed by atoms with Gasteiger partial charge in [-0.15, -0.1) is 0 Å². The van der Waals surface area contributed by atoms with Crippen LogP contribution in [0.2, 0.25) is 5.02 Å². The number of methoxy groups -OCH3 is 2. The maximum atomic E-state index is 13.0. The minimum atomic E-state index is -1.20. The number of rotatable bonds is 7. The van der Waals surface area contributed by atoms with E-state index in [0.717, 1.165) is 4.90 Å². The number of halogens is 1. The first-order valence-electron chi connectivity index (χ1n) is 8.64. The second-order valence-electron chi connectivity index (χ2n) is 6.39. The summed E-state index contributed by atoms with van der Waals surface area (Å²) < 4.78 is 16.1. The Morgan fingerprint density at radius 2 is 1.82 bits per heavy atom. The number of amides is 3. The quantitative estimate of drug-likeness (QED) is 0.717. The lowest BCUT2D eigenvalue weighted by molar-refractivity contribution is -0.131. The van der Waals surface area contributed by atoms with Crippen LogP contribution in [0, 0.1) is 0 Å². The van der Waals surface area contributed by atoms with Gasteiger partial charge in [-0.3, -0.25) is 9.69 Å². The summed E-state index contributed by atoms with van der Waals surface area (Å²) in [6.45, 7) is 1.92. The van der Waals surface area contributed by atoms with Gasteiger partial charge in [-0.1, -0.05) is 23.7 Å². The number of hydrogen-bond acceptors (Lipinski definition) is 5. The molecule has 1 fully saturated rings. The van der Waals surface area contributed by atoms with Crippen molar-refractivity contribution in [3.8, 4) is 17.2 Å². The van der Waals surface area contributed by atoms with Gasteiger partial charge >= 0.3 is 6.03 Å². The average molecular weight is 405 g/mol. The van der Waals surface area contributed by atoms with Gasteiger partial charge in [0.25, 0.3) is 5.91 Å². The van der Waals surface area contributed by atoms with Crippen molar-refractivity contribution < 1.29 is 23.8 Å². The van der Waals surface area contributed by atoms with Crippen molar-refractivity contribution in [3.05, 3.63) is 53.1 Å². The van der Waals surface area contributed by atoms with E-state index < -0.39 is 11.6 Å². The zero-order chi connectivity index (χ0) is 20.3. The normalized spacial score (nSPS) is 18.8. The number of nitrogens with zero attached hydrogens (tertiary/aromatic N) is 1. The molecule has 1 atom stereocenters. The summed E-state index contributed by atoms with van der Waals surface area (Å²) in [7, 11) is 3.04. The first kappa shape index (κ1) is 19.8. The van der Waals surface area contributed by atoms with E-state index in [4.69, 9.17) is 25.8 Å². The van der Waals surface area contributed by atoms with Crippen molar-refractivity contribution in [2.24, 2.45) is 0 Å². The highest BCUT2D eigenvalue weighted by Crippen LogP contribution is 2.35. The fraction of sp³-hybridized carbons (Fsp3) is 0.300. The molecule has 0 aliphatic carbocycles. The molecule has 1 heterocycles. The van der Waals surface area contributed by atoms with Crippen molar-refractivity contribution in [2.75, 3.05) is 27.4 Å². The van der Waals surface area contributed by atoms with Gasteiger partial charge < -0.3 is 19.5 Å². The Labute approximate surface area is 168 Å². The van der Waals surface area contributed by atoms with E-state index >= 15 is 0 Å². The Morgan fingerprint density at radius 3 is 2.50 bits per heavy atom. The second-order valence-corrected chi connectivity index (χ2v) is 6.82. The van der Waals surface area contributed by atoms with Crippen molar-refractivity contribution in [3.63, 3.8) is 0 Å². The molecule has 1 N–H and O–H groups in total. The predicted molar refractivity (Wildman–Crippen MR) is 104 cm³/mol. The average Bonchev–Trinajstić information content (AvgIpc) is 2.91. The van der Waals surface area contributed by atoms with Gasteiger partial charge in [0.05, 0.1) is 20.8 Å². The van der Waals surface area contributed by atoms with Crippen LogP contribution < -0.4 is 19.5 Å². The van der Waals surface area contributed by atoms with Crippen LogP contribution in [0.3, 0.4) is 0 Å². The third-order valence-electron chi connectivity index (χ3n) is 4.62. The van der Waals surface area contributed by atoms with Gasteiger partial charge in [0.1, 0.15) is 17.9 Å². The zero-order valence-electron chi connectivity index (χ0n) is 15.8. The van der Waals surface area contributed by atoms with Crippen molar-refractivity contribution in [1.82, 2.24) is 10.2 Å². The molecule has 0 saturated carbocycles. The summed E-state index contributed by atoms with van der Waals surface area (Å²) in [6, 6.07) is 11.6. The number of carbonyl (C=O) groups excluding carboxylic acids is 2. The molecule has 3 amide bonds. The lowest BCUT2D eigenvalue weighted by atomic mass is 9.91. The zero-order valence-corrected chi connectivity index (χ0v) is 16.6. The third-order valence-corrected chi connectivity index (χ3v) is 4.85. The Bertz CT molecular complexity index is 904. The molecule has 1 aliphatic heterocycles. The van der Waals surface area contributed by atoms with E-state index in [0.29, 0.717) is 27.8 Å². The molecule has 2 aromatic carbocycles. The Balaban J connectivity index is 1.73. The van der Waals surface area contributed by atoms with Crippen LogP contribution in [-0.2, 0) is 10.3 Å². The van der Waals surface area contributed by atoms with E-state index in [9.17, 15) is 9.59 Å². The SMILES string of the molecule is COc1ccc(C2(C)NC(=O)N(CCOc3cccc(Cl)c3)C2=O)cc1OC. The topological polar surface area (TPSA) is 77.1 Å². The lowest BCUT2D eigenvalue weighted by Gasteiger charge is -2.23. The van der Waals surface area contributed by atoms with E-state index in [2.05, 4.69) is 5.32 Å². The molecule has 8 heteroatoms. The van der Waals surface area contributed by atoms with Crippen LogP contribution in [-0.4, -0.2) is 44.2 Å². The van der Waals surface area contributed by atoms with E-state index in [1.165, 1.54) is 14.2 Å². The molecule has 0 aromatic heterocycles. The van der Waals surface area contributed by atoms with Crippen LogP contribution in [0.1, 0.15) is 12.5 Å². The van der Waals surface area contributed by atoms with Gasteiger partial charge in [0.15, 0.2) is 11.5 Å². The highest BCUT2D eigenvalue weighted by atomic mass is 35.5. The molecular formula is C20H21ClN2O5. The summed E-state index contributed by atoms with van der Waals surface area (Å²) in [5.41, 5.74) is -0.603. The van der Waals surface area contributed by atoms with E-state index in [-0.39, 0.29) is 19.1 Å². The maximum absolute atomic E-state index is 13.0. The summed E-state index contributed by atoms with van der Waals surface area (Å²) >= 11 is 5.92. The molecule has 0 radical (unpaired) electrons. The number of ether oxygens (including phenoxy) is 3. The van der Waals surface area contributed by atoms with Crippen LogP contribution in [0.5, 0.6) is 17.2 Å². The minimum absolute atomic E-state index is 0.111. The summed E-state index contributed by atoms with van der Waals surface area (Å²) in [5.74, 6) is 1.23. The van der Waals surface area contributed by atoms with Crippen molar-refractivity contribution in [1.29, 1.82) is 0 Å². The van der Waals surface area contributed by atoms with E-state index in [1.807, 2.05) is 0 Å². The molecule has 1 saturated heterocycles. The molecule has 3 rings (SSSR count). The molecule has 7 nitrogen and oxygen atoms in total. The Hall–Kier alpha value is -2.93. The molecule has 28 heavy (non-hydrogen) atoms. The Morgan fingerprint density at radius 1 is 1.07 bits per heavy atom. The number of carbonyl (C=O) groups is 2. The number of nitrogens with one attached hydrogen (secondary N) is 1. The van der Waals surface area contributed by atoms with Crippen molar-refractivity contribution >= 4 is 23.5 Å². The molecule has 148 valence electrons. The molecule has 1 unspecified atom stereocenters. The maximum Gasteiger partial charge on any atom is 0.325 e.